The number of nitrogens with one attached hydrogen (secondary N) is 3. The van der Waals surface area contributed by atoms with E-state index in [-0.39, 0.29) is 61.4 Å². The molecule has 3 amide bonds. The summed E-state index contributed by atoms with van der Waals surface area (Å²) in [5.41, 5.74) is 6.34. The zero-order chi connectivity index (χ0) is 29.5. The number of carbonyl (C=O) groups excluding carboxylic acids is 3. The van der Waals surface area contributed by atoms with E-state index in [1.165, 1.54) is 16.2 Å². The second-order valence-electron chi connectivity index (χ2n) is 11.1. The Morgan fingerprint density at radius 2 is 1.90 bits per heavy atom. The van der Waals surface area contributed by atoms with Crippen LogP contribution in [0.1, 0.15) is 61.4 Å². The number of amidine groups is 1. The molecule has 1 aromatic carbocycles. The zero-order valence-corrected chi connectivity index (χ0v) is 24.5. The summed E-state index contributed by atoms with van der Waals surface area (Å²) >= 11 is 1.48. The number of thiophene rings is 1. The van der Waals surface area contributed by atoms with E-state index in [9.17, 15) is 14.4 Å². The number of amides is 3. The third-order valence-corrected chi connectivity index (χ3v) is 9.15. The van der Waals surface area contributed by atoms with Gasteiger partial charge in [0.2, 0.25) is 17.7 Å². The van der Waals surface area contributed by atoms with Crippen LogP contribution in [0.5, 0.6) is 5.75 Å². The Balaban J connectivity index is 1.20. The molecule has 1 spiro atoms. The summed E-state index contributed by atoms with van der Waals surface area (Å²) in [5.74, 6) is -0.940. The first-order chi connectivity index (χ1) is 20.3. The van der Waals surface area contributed by atoms with Gasteiger partial charge in [0, 0.05) is 28.7 Å². The minimum Gasteiger partial charge on any atom is -0.494 e. The largest absolute Gasteiger partial charge is 0.494 e. The van der Waals surface area contributed by atoms with Crippen molar-refractivity contribution in [2.24, 2.45) is 11.7 Å². The Labute approximate surface area is 249 Å². The molecule has 3 aliphatic rings. The van der Waals surface area contributed by atoms with Gasteiger partial charge in [-0.1, -0.05) is 31.0 Å². The Bertz CT molecular complexity index is 1260. The molecule has 2 saturated heterocycles. The van der Waals surface area contributed by atoms with Crippen molar-refractivity contribution in [2.75, 3.05) is 32.9 Å². The second kappa shape index (κ2) is 13.7. The summed E-state index contributed by atoms with van der Waals surface area (Å²) in [6.07, 6.45) is 5.11. The molecule has 3 heterocycles. The maximum atomic E-state index is 13.8. The number of rotatable bonds is 12. The Morgan fingerprint density at radius 1 is 1.17 bits per heavy atom. The molecule has 5 rings (SSSR count). The van der Waals surface area contributed by atoms with E-state index in [1.54, 1.807) is 0 Å². The highest BCUT2D eigenvalue weighted by Gasteiger charge is 2.52. The Hall–Kier alpha value is -3.48. The van der Waals surface area contributed by atoms with Crippen LogP contribution < -0.4 is 21.1 Å². The summed E-state index contributed by atoms with van der Waals surface area (Å²) in [4.78, 5) is 42.1. The van der Waals surface area contributed by atoms with Crippen LogP contribution in [0.25, 0.3) is 0 Å². The van der Waals surface area contributed by atoms with Gasteiger partial charge >= 0.3 is 0 Å². The quantitative estimate of drug-likeness (QED) is 0.167. The number of likely N-dealkylation sites (tertiary alicyclic amines) is 1. The lowest BCUT2D eigenvalue weighted by Gasteiger charge is -2.28. The van der Waals surface area contributed by atoms with E-state index in [1.807, 2.05) is 41.8 Å². The predicted octanol–water partition coefficient (Wildman–Crippen LogP) is 2.70. The number of para-hydroxylation sites is 1. The van der Waals surface area contributed by atoms with Crippen LogP contribution in [0.2, 0.25) is 0 Å². The molecule has 1 aliphatic carbocycles. The standard InChI is InChI=1S/C30H39N5O6S/c31-28(32)21-15-24(42-18-21)27(20-7-4-5-8-20)34-29(38)23-16-30(40-13-14-41-30)19-35(23)26(37)17-33-25(36)11-6-12-39-22-9-2-1-3-10-22/h1-3,9-10,15,18,20,23,27H,4-8,11-14,16-17,19H2,(H3,31,32)(H,33,36)(H,34,38). The fourth-order valence-corrected chi connectivity index (χ4v) is 7.01. The van der Waals surface area contributed by atoms with E-state index >= 15 is 0 Å². The number of nitrogens with two attached hydrogens (primary N) is 1. The predicted molar refractivity (Wildman–Crippen MR) is 157 cm³/mol. The van der Waals surface area contributed by atoms with Crippen LogP contribution in [-0.4, -0.2) is 73.2 Å². The summed E-state index contributed by atoms with van der Waals surface area (Å²) in [6, 6.07) is 10.2. The normalized spacial score (nSPS) is 20.5. The number of carbonyl (C=O) groups is 3. The minimum absolute atomic E-state index is 0.00944. The highest BCUT2D eigenvalue weighted by Crippen LogP contribution is 2.39. The van der Waals surface area contributed by atoms with E-state index in [4.69, 9.17) is 25.4 Å². The van der Waals surface area contributed by atoms with E-state index in [2.05, 4.69) is 10.6 Å². The van der Waals surface area contributed by atoms with Crippen molar-refractivity contribution in [1.29, 1.82) is 5.41 Å². The molecule has 2 aliphatic heterocycles. The molecule has 3 fully saturated rings. The van der Waals surface area contributed by atoms with Gasteiger partial charge in [0.05, 0.1) is 39.0 Å². The molecule has 2 aromatic rings. The van der Waals surface area contributed by atoms with Crippen molar-refractivity contribution < 1.29 is 28.6 Å². The third-order valence-electron chi connectivity index (χ3n) is 8.13. The average molecular weight is 598 g/mol. The van der Waals surface area contributed by atoms with Crippen molar-refractivity contribution in [3.8, 4) is 5.75 Å². The van der Waals surface area contributed by atoms with Gasteiger partial charge in [0.25, 0.3) is 0 Å². The molecule has 12 heteroatoms. The highest BCUT2D eigenvalue weighted by atomic mass is 32.1. The molecular weight excluding hydrogens is 558 g/mol. The van der Waals surface area contributed by atoms with Crippen molar-refractivity contribution in [3.63, 3.8) is 0 Å². The Morgan fingerprint density at radius 3 is 2.60 bits per heavy atom. The van der Waals surface area contributed by atoms with Gasteiger partial charge in [-0.25, -0.2) is 0 Å². The second-order valence-corrected chi connectivity index (χ2v) is 12.0. The topological polar surface area (TPSA) is 156 Å². The Kier molecular flexibility index (Phi) is 9.76. The number of ether oxygens (including phenoxy) is 3. The molecule has 0 bridgehead atoms. The van der Waals surface area contributed by atoms with Gasteiger partial charge < -0.3 is 35.5 Å². The van der Waals surface area contributed by atoms with Crippen molar-refractivity contribution >= 4 is 34.9 Å². The molecule has 0 radical (unpaired) electrons. The fraction of sp³-hybridized carbons (Fsp3) is 0.533. The summed E-state index contributed by atoms with van der Waals surface area (Å²) < 4.78 is 17.4. The maximum Gasteiger partial charge on any atom is 0.243 e. The SMILES string of the molecule is N=C(N)c1csc(C(NC(=O)C2CC3(CN2C(=O)CNC(=O)CCCOc2ccccc2)OCCO3)C2CCCC2)c1. The average Bonchev–Trinajstić information content (AvgIpc) is 3.82. The summed E-state index contributed by atoms with van der Waals surface area (Å²) in [5, 5.41) is 15.5. The molecular formula is C30H39N5O6S. The van der Waals surface area contributed by atoms with E-state index in [0.29, 0.717) is 31.8 Å². The van der Waals surface area contributed by atoms with Crippen molar-refractivity contribution in [2.45, 2.75) is 62.8 Å². The molecule has 1 aromatic heterocycles. The van der Waals surface area contributed by atoms with Crippen LogP contribution in [0.15, 0.2) is 41.8 Å². The van der Waals surface area contributed by atoms with Gasteiger partial charge in [-0.15, -0.1) is 11.3 Å². The molecule has 5 N–H and O–H groups in total. The van der Waals surface area contributed by atoms with Gasteiger partial charge in [0.15, 0.2) is 5.79 Å². The lowest BCUT2D eigenvalue weighted by Crippen LogP contribution is -2.50. The molecule has 42 heavy (non-hydrogen) atoms. The first kappa shape index (κ1) is 30.0. The third kappa shape index (κ3) is 7.29. The smallest absolute Gasteiger partial charge is 0.243 e. The number of benzene rings is 1. The summed E-state index contributed by atoms with van der Waals surface area (Å²) in [6.45, 7) is 1.07. The van der Waals surface area contributed by atoms with Gasteiger partial charge in [-0.3, -0.25) is 19.8 Å². The first-order valence-corrected chi connectivity index (χ1v) is 15.5. The molecule has 11 nitrogen and oxygen atoms in total. The van der Waals surface area contributed by atoms with E-state index < -0.39 is 11.8 Å². The van der Waals surface area contributed by atoms with E-state index in [0.717, 1.165) is 36.3 Å². The highest BCUT2D eigenvalue weighted by molar-refractivity contribution is 7.10. The number of hydrogen-bond donors (Lipinski definition) is 4. The van der Waals surface area contributed by atoms with Crippen molar-refractivity contribution in [3.05, 3.63) is 52.2 Å². The van der Waals surface area contributed by atoms with Gasteiger partial charge in [-0.05, 0) is 43.4 Å². The van der Waals surface area contributed by atoms with Crippen LogP contribution in [0, 0.1) is 11.3 Å². The molecule has 226 valence electrons. The first-order valence-electron chi connectivity index (χ1n) is 14.6. The number of nitrogens with zero attached hydrogens (tertiary/aromatic N) is 1. The lowest BCUT2D eigenvalue weighted by molar-refractivity contribution is -0.152. The minimum atomic E-state index is -1.02. The number of nitrogen functional groups attached to an aromatic ring is 1. The lowest BCUT2D eigenvalue weighted by atomic mass is 9.95. The van der Waals surface area contributed by atoms with Crippen LogP contribution in [0.3, 0.4) is 0 Å². The number of hydrogen-bond acceptors (Lipinski definition) is 8. The van der Waals surface area contributed by atoms with Crippen LogP contribution in [0.4, 0.5) is 0 Å². The van der Waals surface area contributed by atoms with Crippen LogP contribution >= 0.6 is 11.3 Å². The molecule has 2 unspecified atom stereocenters. The van der Waals surface area contributed by atoms with Gasteiger partial charge in [0.1, 0.15) is 17.6 Å². The van der Waals surface area contributed by atoms with Crippen LogP contribution in [-0.2, 0) is 23.9 Å². The van der Waals surface area contributed by atoms with Gasteiger partial charge in [-0.2, -0.15) is 0 Å². The molecule has 2 atom stereocenters. The zero-order valence-electron chi connectivity index (χ0n) is 23.6. The monoisotopic (exact) mass is 597 g/mol. The van der Waals surface area contributed by atoms with Crippen molar-refractivity contribution in [1.82, 2.24) is 15.5 Å². The maximum absolute atomic E-state index is 13.8. The molecule has 1 saturated carbocycles. The fourth-order valence-electron chi connectivity index (χ4n) is 5.96. The summed E-state index contributed by atoms with van der Waals surface area (Å²) in [7, 11) is 0.